The number of hydrogen-bond acceptors (Lipinski definition) is 7. The number of anilines is 2. The number of rotatable bonds is 5. The highest BCUT2D eigenvalue weighted by Gasteiger charge is 2.26. The fourth-order valence-corrected chi connectivity index (χ4v) is 2.83. The van der Waals surface area contributed by atoms with Crippen LogP contribution in [-0.4, -0.2) is 71.7 Å². The van der Waals surface area contributed by atoms with Gasteiger partial charge in [-0.05, 0) is 31.2 Å². The first kappa shape index (κ1) is 19.4. The number of ether oxygens (including phenoxy) is 2. The zero-order chi connectivity index (χ0) is 19.9. The van der Waals surface area contributed by atoms with Gasteiger partial charge >= 0.3 is 6.09 Å². The molecular formula is C19H23N5O4. The maximum Gasteiger partial charge on any atom is 0.409 e. The lowest BCUT2D eigenvalue weighted by atomic mass is 10.2. The number of piperazine rings is 1. The molecule has 1 aliphatic heterocycles. The summed E-state index contributed by atoms with van der Waals surface area (Å²) in [6.45, 7) is 3.85. The summed E-state index contributed by atoms with van der Waals surface area (Å²) in [6.07, 6.45) is 1.01. The molecule has 9 nitrogen and oxygen atoms in total. The van der Waals surface area contributed by atoms with Gasteiger partial charge in [0.2, 0.25) is 0 Å². The number of methoxy groups -OCH3 is 1. The maximum atomic E-state index is 12.7. The van der Waals surface area contributed by atoms with E-state index < -0.39 is 0 Å². The summed E-state index contributed by atoms with van der Waals surface area (Å²) in [4.78, 5) is 36.1. The van der Waals surface area contributed by atoms with Crippen LogP contribution in [0, 0.1) is 0 Å². The number of amides is 2. The molecule has 148 valence electrons. The van der Waals surface area contributed by atoms with Gasteiger partial charge in [-0.3, -0.25) is 4.79 Å². The Bertz CT molecular complexity index is 819. The van der Waals surface area contributed by atoms with Gasteiger partial charge in [-0.2, -0.15) is 0 Å². The third-order valence-corrected chi connectivity index (χ3v) is 4.34. The van der Waals surface area contributed by atoms with E-state index in [1.165, 1.54) is 6.33 Å². The molecular weight excluding hydrogens is 362 g/mol. The average Bonchev–Trinajstić information content (AvgIpc) is 2.74. The molecule has 1 N–H and O–H groups in total. The summed E-state index contributed by atoms with van der Waals surface area (Å²) in [5.41, 5.74) is 1.12. The first-order valence-electron chi connectivity index (χ1n) is 9.04. The average molecular weight is 385 g/mol. The second-order valence-corrected chi connectivity index (χ2v) is 6.12. The molecule has 0 unspecified atom stereocenters. The van der Waals surface area contributed by atoms with E-state index in [1.807, 2.05) is 24.3 Å². The van der Waals surface area contributed by atoms with Gasteiger partial charge < -0.3 is 24.6 Å². The SMILES string of the molecule is CCOC(=O)N1CCN(C(=O)c2cc(Nc3ccc(OC)cc3)ncn2)CC1. The van der Waals surface area contributed by atoms with E-state index in [2.05, 4.69) is 15.3 Å². The molecule has 3 rings (SSSR count). The first-order chi connectivity index (χ1) is 13.6. The van der Waals surface area contributed by atoms with Crippen LogP contribution in [0.4, 0.5) is 16.3 Å². The summed E-state index contributed by atoms with van der Waals surface area (Å²) in [5.74, 6) is 1.09. The minimum Gasteiger partial charge on any atom is -0.497 e. The molecule has 0 saturated carbocycles. The minimum absolute atomic E-state index is 0.191. The van der Waals surface area contributed by atoms with Crippen molar-refractivity contribution in [1.82, 2.24) is 19.8 Å². The van der Waals surface area contributed by atoms with E-state index in [4.69, 9.17) is 9.47 Å². The number of nitrogens with one attached hydrogen (secondary N) is 1. The fourth-order valence-electron chi connectivity index (χ4n) is 2.83. The van der Waals surface area contributed by atoms with E-state index in [-0.39, 0.29) is 12.0 Å². The van der Waals surface area contributed by atoms with Crippen molar-refractivity contribution in [1.29, 1.82) is 0 Å². The topological polar surface area (TPSA) is 96.9 Å². The quantitative estimate of drug-likeness (QED) is 0.842. The fraction of sp³-hybridized carbons (Fsp3) is 0.368. The number of carbonyl (C=O) groups is 2. The van der Waals surface area contributed by atoms with Crippen LogP contribution in [0.2, 0.25) is 0 Å². The van der Waals surface area contributed by atoms with Gasteiger partial charge in [0.05, 0.1) is 13.7 Å². The molecule has 1 saturated heterocycles. The Balaban J connectivity index is 1.61. The number of nitrogens with zero attached hydrogens (tertiary/aromatic N) is 4. The molecule has 1 aliphatic rings. The Labute approximate surface area is 163 Å². The van der Waals surface area contributed by atoms with E-state index in [0.29, 0.717) is 44.3 Å². The highest BCUT2D eigenvalue weighted by Crippen LogP contribution is 2.19. The molecule has 0 bridgehead atoms. The van der Waals surface area contributed by atoms with Crippen LogP contribution in [0.25, 0.3) is 0 Å². The van der Waals surface area contributed by atoms with Gasteiger partial charge in [0, 0.05) is 37.9 Å². The van der Waals surface area contributed by atoms with E-state index in [9.17, 15) is 9.59 Å². The molecule has 28 heavy (non-hydrogen) atoms. The van der Waals surface area contributed by atoms with E-state index in [0.717, 1.165) is 11.4 Å². The minimum atomic E-state index is -0.345. The van der Waals surface area contributed by atoms with Crippen LogP contribution in [0.1, 0.15) is 17.4 Å². The zero-order valence-corrected chi connectivity index (χ0v) is 15.9. The van der Waals surface area contributed by atoms with Crippen LogP contribution in [0.5, 0.6) is 5.75 Å². The van der Waals surface area contributed by atoms with Crippen molar-refractivity contribution in [2.75, 3.05) is 45.2 Å². The summed E-state index contributed by atoms with van der Waals surface area (Å²) in [5, 5.41) is 3.14. The first-order valence-corrected chi connectivity index (χ1v) is 9.04. The lowest BCUT2D eigenvalue weighted by Crippen LogP contribution is -2.50. The largest absolute Gasteiger partial charge is 0.497 e. The van der Waals surface area contributed by atoms with Crippen molar-refractivity contribution in [2.24, 2.45) is 0 Å². The van der Waals surface area contributed by atoms with Crippen molar-refractivity contribution in [3.63, 3.8) is 0 Å². The highest BCUT2D eigenvalue weighted by molar-refractivity contribution is 5.93. The highest BCUT2D eigenvalue weighted by atomic mass is 16.6. The molecule has 1 aromatic carbocycles. The smallest absolute Gasteiger partial charge is 0.409 e. The predicted molar refractivity (Wildman–Crippen MR) is 103 cm³/mol. The Hall–Kier alpha value is -3.36. The van der Waals surface area contributed by atoms with Crippen LogP contribution in [-0.2, 0) is 4.74 Å². The van der Waals surface area contributed by atoms with Crippen molar-refractivity contribution >= 4 is 23.5 Å². The Morgan fingerprint density at radius 2 is 1.75 bits per heavy atom. The van der Waals surface area contributed by atoms with E-state index >= 15 is 0 Å². The van der Waals surface area contributed by atoms with Gasteiger partial charge in [0.15, 0.2) is 0 Å². The van der Waals surface area contributed by atoms with Crippen molar-refractivity contribution in [3.8, 4) is 5.75 Å². The molecule has 1 fully saturated rings. The Morgan fingerprint density at radius 3 is 2.39 bits per heavy atom. The lowest BCUT2D eigenvalue weighted by Gasteiger charge is -2.33. The monoisotopic (exact) mass is 385 g/mol. The lowest BCUT2D eigenvalue weighted by molar-refractivity contribution is 0.0566. The third-order valence-electron chi connectivity index (χ3n) is 4.34. The Morgan fingerprint density at radius 1 is 1.07 bits per heavy atom. The van der Waals surface area contributed by atoms with Crippen molar-refractivity contribution < 1.29 is 19.1 Å². The predicted octanol–water partition coefficient (Wildman–Crippen LogP) is 2.14. The second-order valence-electron chi connectivity index (χ2n) is 6.12. The molecule has 2 heterocycles. The Kier molecular flexibility index (Phi) is 6.25. The standard InChI is InChI=1S/C19H23N5O4/c1-3-28-19(26)24-10-8-23(9-11-24)18(25)16-12-17(21-13-20-16)22-14-4-6-15(27-2)7-5-14/h4-7,12-13H,3,8-11H2,1-2H3,(H,20,21,22). The van der Waals surface area contributed by atoms with Crippen LogP contribution < -0.4 is 10.1 Å². The van der Waals surface area contributed by atoms with Crippen molar-refractivity contribution in [2.45, 2.75) is 6.92 Å². The van der Waals surface area contributed by atoms with Gasteiger partial charge in [-0.25, -0.2) is 14.8 Å². The molecule has 0 aliphatic carbocycles. The summed E-state index contributed by atoms with van der Waals surface area (Å²) in [6, 6.07) is 9.00. The molecule has 0 spiro atoms. The summed E-state index contributed by atoms with van der Waals surface area (Å²) >= 11 is 0. The van der Waals surface area contributed by atoms with Gasteiger partial charge in [-0.15, -0.1) is 0 Å². The van der Waals surface area contributed by atoms with Gasteiger partial charge in [-0.1, -0.05) is 0 Å². The van der Waals surface area contributed by atoms with E-state index in [1.54, 1.807) is 29.9 Å². The molecule has 1 aromatic heterocycles. The van der Waals surface area contributed by atoms with Gasteiger partial charge in [0.1, 0.15) is 23.6 Å². The van der Waals surface area contributed by atoms with Crippen molar-refractivity contribution in [3.05, 3.63) is 42.4 Å². The molecule has 0 atom stereocenters. The molecule has 9 heteroatoms. The molecule has 0 radical (unpaired) electrons. The van der Waals surface area contributed by atoms with Crippen LogP contribution >= 0.6 is 0 Å². The normalized spacial score (nSPS) is 13.8. The van der Waals surface area contributed by atoms with Crippen LogP contribution in [0.15, 0.2) is 36.7 Å². The summed E-state index contributed by atoms with van der Waals surface area (Å²) in [7, 11) is 1.61. The molecule has 2 amide bonds. The zero-order valence-electron chi connectivity index (χ0n) is 15.9. The third kappa shape index (κ3) is 4.67. The number of carbonyl (C=O) groups excluding carboxylic acids is 2. The number of benzene rings is 1. The number of aromatic nitrogens is 2. The summed E-state index contributed by atoms with van der Waals surface area (Å²) < 4.78 is 10.1. The van der Waals surface area contributed by atoms with Crippen LogP contribution in [0.3, 0.4) is 0 Å². The van der Waals surface area contributed by atoms with Gasteiger partial charge in [0.25, 0.3) is 5.91 Å². The number of hydrogen-bond donors (Lipinski definition) is 1. The second kappa shape index (κ2) is 9.03. The molecule has 2 aromatic rings. The maximum absolute atomic E-state index is 12.7.